The lowest BCUT2D eigenvalue weighted by atomic mass is 9.96. The van der Waals surface area contributed by atoms with Crippen molar-refractivity contribution >= 4 is 11.8 Å². The fourth-order valence-electron chi connectivity index (χ4n) is 3.99. The van der Waals surface area contributed by atoms with Crippen LogP contribution in [-0.2, 0) is 4.79 Å². The first kappa shape index (κ1) is 17.9. The second-order valence-corrected chi connectivity index (χ2v) is 7.47. The highest BCUT2D eigenvalue weighted by Crippen LogP contribution is 2.28. The Kier molecular flexibility index (Phi) is 6.42. The van der Waals surface area contributed by atoms with Crippen molar-refractivity contribution < 1.29 is 9.59 Å². The Bertz CT molecular complexity index is 562. The number of carbonyl (C=O) groups excluding carboxylic acids is 2. The molecule has 1 aliphatic carbocycles. The van der Waals surface area contributed by atoms with Gasteiger partial charge in [0.1, 0.15) is 0 Å². The van der Waals surface area contributed by atoms with Crippen molar-refractivity contribution in [2.75, 3.05) is 19.6 Å². The van der Waals surface area contributed by atoms with Crippen molar-refractivity contribution in [1.82, 2.24) is 15.2 Å². The van der Waals surface area contributed by atoms with Gasteiger partial charge < -0.3 is 10.2 Å². The highest BCUT2D eigenvalue weighted by atomic mass is 16.2. The number of rotatable bonds is 6. The van der Waals surface area contributed by atoms with Gasteiger partial charge in [-0.25, -0.2) is 0 Å². The van der Waals surface area contributed by atoms with Gasteiger partial charge in [-0.3, -0.25) is 14.6 Å². The molecule has 2 amide bonds. The number of nitrogens with one attached hydrogen (secondary N) is 1. The van der Waals surface area contributed by atoms with E-state index >= 15 is 0 Å². The topological polar surface area (TPSA) is 62.3 Å². The van der Waals surface area contributed by atoms with Crippen LogP contribution in [0, 0.1) is 11.8 Å². The maximum atomic E-state index is 12.4. The molecule has 0 unspecified atom stereocenters. The lowest BCUT2D eigenvalue weighted by molar-refractivity contribution is -0.121. The molecule has 0 bridgehead atoms. The van der Waals surface area contributed by atoms with Crippen molar-refractivity contribution in [3.05, 3.63) is 30.1 Å². The number of nitrogens with zero attached hydrogens (tertiary/aromatic N) is 2. The number of hydrogen-bond donors (Lipinski definition) is 1. The van der Waals surface area contributed by atoms with Crippen molar-refractivity contribution in [1.29, 1.82) is 0 Å². The molecular weight excluding hydrogens is 314 g/mol. The molecule has 1 saturated heterocycles. The van der Waals surface area contributed by atoms with Crippen LogP contribution in [0.1, 0.15) is 61.7 Å². The Labute approximate surface area is 150 Å². The van der Waals surface area contributed by atoms with Crippen LogP contribution in [0.3, 0.4) is 0 Å². The van der Waals surface area contributed by atoms with E-state index in [1.54, 1.807) is 18.5 Å². The maximum absolute atomic E-state index is 12.4. The minimum absolute atomic E-state index is 0.0622. The smallest absolute Gasteiger partial charge is 0.255 e. The third kappa shape index (κ3) is 5.28. The summed E-state index contributed by atoms with van der Waals surface area (Å²) in [5.41, 5.74) is 0.654. The van der Waals surface area contributed by atoms with Crippen LogP contribution in [0.2, 0.25) is 0 Å². The molecule has 136 valence electrons. The van der Waals surface area contributed by atoms with Crippen LogP contribution < -0.4 is 5.32 Å². The number of carbonyl (C=O) groups is 2. The molecule has 3 rings (SSSR count). The summed E-state index contributed by atoms with van der Waals surface area (Å²) in [5, 5.41) is 3.10. The molecule has 2 heterocycles. The fourth-order valence-corrected chi connectivity index (χ4v) is 3.99. The lowest BCUT2D eigenvalue weighted by Crippen LogP contribution is -2.41. The molecule has 0 radical (unpaired) electrons. The first-order valence-electron chi connectivity index (χ1n) is 9.68. The van der Waals surface area contributed by atoms with E-state index < -0.39 is 0 Å². The van der Waals surface area contributed by atoms with E-state index in [0.29, 0.717) is 17.9 Å². The second kappa shape index (κ2) is 8.97. The largest absolute Gasteiger partial charge is 0.356 e. The molecule has 0 aromatic carbocycles. The quantitative estimate of drug-likeness (QED) is 0.863. The summed E-state index contributed by atoms with van der Waals surface area (Å²) < 4.78 is 0. The molecule has 5 nitrogen and oxygen atoms in total. The van der Waals surface area contributed by atoms with Gasteiger partial charge in [0.2, 0.25) is 5.91 Å². The molecule has 25 heavy (non-hydrogen) atoms. The number of likely N-dealkylation sites (tertiary alicyclic amines) is 1. The van der Waals surface area contributed by atoms with E-state index in [-0.39, 0.29) is 11.8 Å². The van der Waals surface area contributed by atoms with Gasteiger partial charge in [-0.1, -0.05) is 25.7 Å². The molecule has 1 aromatic heterocycles. The molecule has 5 heteroatoms. The Morgan fingerprint density at radius 3 is 2.56 bits per heavy atom. The van der Waals surface area contributed by atoms with Gasteiger partial charge in [-0.15, -0.1) is 0 Å². The Balaban J connectivity index is 1.33. The Morgan fingerprint density at radius 1 is 1.12 bits per heavy atom. The minimum atomic E-state index is 0.0622. The van der Waals surface area contributed by atoms with Crippen LogP contribution in [0.25, 0.3) is 0 Å². The van der Waals surface area contributed by atoms with Crippen molar-refractivity contribution in [3.63, 3.8) is 0 Å². The number of amides is 2. The normalized spacial score (nSPS) is 19.1. The van der Waals surface area contributed by atoms with Crippen LogP contribution in [0.5, 0.6) is 0 Å². The number of piperidine rings is 1. The van der Waals surface area contributed by atoms with Gasteiger partial charge >= 0.3 is 0 Å². The van der Waals surface area contributed by atoms with Gasteiger partial charge in [0.15, 0.2) is 0 Å². The van der Waals surface area contributed by atoms with Gasteiger partial charge in [0.25, 0.3) is 5.91 Å². The maximum Gasteiger partial charge on any atom is 0.255 e. The average molecular weight is 343 g/mol. The van der Waals surface area contributed by atoms with Gasteiger partial charge in [-0.2, -0.15) is 0 Å². The van der Waals surface area contributed by atoms with Crippen LogP contribution in [0.15, 0.2) is 24.5 Å². The zero-order valence-electron chi connectivity index (χ0n) is 15.0. The minimum Gasteiger partial charge on any atom is -0.356 e. The van der Waals surface area contributed by atoms with Crippen LogP contribution >= 0.6 is 0 Å². The van der Waals surface area contributed by atoms with Crippen LogP contribution in [0.4, 0.5) is 0 Å². The van der Waals surface area contributed by atoms with Gasteiger partial charge in [-0.05, 0) is 43.2 Å². The van der Waals surface area contributed by atoms with E-state index in [2.05, 4.69) is 10.3 Å². The van der Waals surface area contributed by atoms with Crippen molar-refractivity contribution in [2.24, 2.45) is 11.8 Å². The molecule has 1 aliphatic heterocycles. The molecular formula is C20H29N3O2. The summed E-state index contributed by atoms with van der Waals surface area (Å²) >= 11 is 0. The van der Waals surface area contributed by atoms with E-state index in [0.717, 1.165) is 44.8 Å². The summed E-state index contributed by atoms with van der Waals surface area (Å²) in [5.74, 6) is 1.51. The standard InChI is InChI=1S/C20H29N3O2/c24-19(8-7-16-4-1-2-5-16)22-14-17-9-12-23(13-10-17)20(25)18-6-3-11-21-15-18/h3,6,11,15-17H,1-2,4-5,7-10,12-14H2,(H,22,24). The summed E-state index contributed by atoms with van der Waals surface area (Å²) in [6.07, 6.45) is 12.2. The fraction of sp³-hybridized carbons (Fsp3) is 0.650. The highest BCUT2D eigenvalue weighted by Gasteiger charge is 2.24. The first-order chi connectivity index (χ1) is 12.2. The lowest BCUT2D eigenvalue weighted by Gasteiger charge is -2.32. The monoisotopic (exact) mass is 343 g/mol. The predicted molar refractivity (Wildman–Crippen MR) is 97.1 cm³/mol. The zero-order valence-corrected chi connectivity index (χ0v) is 15.0. The molecule has 1 aromatic rings. The summed E-state index contributed by atoms with van der Waals surface area (Å²) in [6, 6.07) is 3.60. The van der Waals surface area contributed by atoms with E-state index in [9.17, 15) is 9.59 Å². The highest BCUT2D eigenvalue weighted by molar-refractivity contribution is 5.93. The van der Waals surface area contributed by atoms with Crippen LogP contribution in [-0.4, -0.2) is 41.3 Å². The third-order valence-electron chi connectivity index (χ3n) is 5.65. The molecule has 2 aliphatic rings. The van der Waals surface area contributed by atoms with Gasteiger partial charge in [0, 0.05) is 38.4 Å². The molecule has 0 atom stereocenters. The SMILES string of the molecule is O=C(CCC1CCCC1)NCC1CCN(C(=O)c2cccnc2)CC1. The van der Waals surface area contributed by atoms with E-state index in [4.69, 9.17) is 0 Å². The predicted octanol–water partition coefficient (Wildman–Crippen LogP) is 3.02. The van der Waals surface area contributed by atoms with E-state index in [1.807, 2.05) is 11.0 Å². The number of aromatic nitrogens is 1. The number of pyridine rings is 1. The van der Waals surface area contributed by atoms with Crippen molar-refractivity contribution in [3.8, 4) is 0 Å². The Morgan fingerprint density at radius 2 is 1.88 bits per heavy atom. The first-order valence-corrected chi connectivity index (χ1v) is 9.68. The molecule has 1 saturated carbocycles. The summed E-state index contributed by atoms with van der Waals surface area (Å²) in [6.45, 7) is 2.27. The molecule has 1 N–H and O–H groups in total. The van der Waals surface area contributed by atoms with Crippen molar-refractivity contribution in [2.45, 2.75) is 51.4 Å². The van der Waals surface area contributed by atoms with E-state index in [1.165, 1.54) is 25.7 Å². The summed E-state index contributed by atoms with van der Waals surface area (Å²) in [7, 11) is 0. The Hall–Kier alpha value is -1.91. The summed E-state index contributed by atoms with van der Waals surface area (Å²) in [4.78, 5) is 30.3. The third-order valence-corrected chi connectivity index (χ3v) is 5.65. The zero-order chi connectivity index (χ0) is 17.5. The molecule has 2 fully saturated rings. The second-order valence-electron chi connectivity index (χ2n) is 7.47. The van der Waals surface area contributed by atoms with Gasteiger partial charge in [0.05, 0.1) is 5.56 Å². The number of hydrogen-bond acceptors (Lipinski definition) is 3. The average Bonchev–Trinajstić information content (AvgIpc) is 3.19. The molecule has 0 spiro atoms.